The van der Waals surface area contributed by atoms with Crippen molar-refractivity contribution in [3.05, 3.63) is 29.8 Å². The molecule has 0 spiro atoms. The zero-order valence-corrected chi connectivity index (χ0v) is 9.16. The highest BCUT2D eigenvalue weighted by Crippen LogP contribution is 2.16. The van der Waals surface area contributed by atoms with E-state index in [1.807, 2.05) is 31.2 Å². The first-order valence-corrected chi connectivity index (χ1v) is 5.41. The minimum Gasteiger partial charge on any atom is -0.324 e. The number of hydrogen-bond donors (Lipinski definition) is 2. The van der Waals surface area contributed by atoms with Crippen molar-refractivity contribution in [1.29, 1.82) is 0 Å². The number of amides is 1. The van der Waals surface area contributed by atoms with E-state index in [4.69, 9.17) is 0 Å². The van der Waals surface area contributed by atoms with E-state index in [1.165, 1.54) is 0 Å². The Kier molecular flexibility index (Phi) is 3.19. The summed E-state index contributed by atoms with van der Waals surface area (Å²) >= 11 is 0. The molecule has 0 aliphatic carbocycles. The summed E-state index contributed by atoms with van der Waals surface area (Å²) in [6.45, 7) is 2.20. The topological polar surface area (TPSA) is 41.1 Å². The van der Waals surface area contributed by atoms with E-state index in [0.717, 1.165) is 11.3 Å². The van der Waals surface area contributed by atoms with Crippen LogP contribution < -0.4 is 10.6 Å². The summed E-state index contributed by atoms with van der Waals surface area (Å²) in [7, 11) is 0. The van der Waals surface area contributed by atoms with Gasteiger partial charge in [0.05, 0.1) is 6.04 Å². The molecule has 0 saturated carbocycles. The number of hydrogen-bond acceptors (Lipinski definition) is 2. The molecule has 1 aromatic rings. The molecule has 1 fully saturated rings. The number of carbonyl (C=O) groups excluding carboxylic acids is 1. The van der Waals surface area contributed by atoms with Crippen molar-refractivity contribution < 1.29 is 9.18 Å². The molecule has 1 aliphatic heterocycles. The van der Waals surface area contributed by atoms with E-state index >= 15 is 0 Å². The third-order valence-electron chi connectivity index (χ3n) is 2.80. The van der Waals surface area contributed by atoms with E-state index in [9.17, 15) is 9.18 Å². The summed E-state index contributed by atoms with van der Waals surface area (Å²) in [5.74, 6) is -0.158. The summed E-state index contributed by atoms with van der Waals surface area (Å²) in [5.41, 5.74) is 1.79. The van der Waals surface area contributed by atoms with Gasteiger partial charge in [0.25, 0.3) is 0 Å². The molecule has 2 rings (SSSR count). The summed E-state index contributed by atoms with van der Waals surface area (Å²) in [4.78, 5) is 11.8. The maximum Gasteiger partial charge on any atom is 0.241 e. The molecule has 1 aromatic carbocycles. The third kappa shape index (κ3) is 2.39. The first-order chi connectivity index (χ1) is 7.66. The minimum atomic E-state index is -0.910. The highest BCUT2D eigenvalue weighted by molar-refractivity contribution is 5.95. The van der Waals surface area contributed by atoms with Gasteiger partial charge in [0.1, 0.15) is 6.17 Å². The zero-order valence-electron chi connectivity index (χ0n) is 9.16. The Balaban J connectivity index is 2.00. The lowest BCUT2D eigenvalue weighted by molar-refractivity contribution is -0.117. The van der Waals surface area contributed by atoms with Gasteiger partial charge in [-0.2, -0.15) is 0 Å². The van der Waals surface area contributed by atoms with Gasteiger partial charge in [-0.25, -0.2) is 4.39 Å². The largest absolute Gasteiger partial charge is 0.324 e. The van der Waals surface area contributed by atoms with Crippen LogP contribution >= 0.6 is 0 Å². The molecule has 4 heteroatoms. The van der Waals surface area contributed by atoms with Crippen LogP contribution in [0.5, 0.6) is 0 Å². The fraction of sp³-hybridized carbons (Fsp3) is 0.417. The van der Waals surface area contributed by atoms with Crippen molar-refractivity contribution in [2.75, 3.05) is 11.9 Å². The molecule has 2 atom stereocenters. The van der Waals surface area contributed by atoms with Crippen LogP contribution in [0.3, 0.4) is 0 Å². The number of para-hydroxylation sites is 1. The lowest BCUT2D eigenvalue weighted by Gasteiger charge is -2.12. The molecule has 1 amide bonds. The predicted octanol–water partition coefficient (Wildman–Crippen LogP) is 1.63. The minimum absolute atomic E-state index is 0.158. The first kappa shape index (κ1) is 11.1. The average molecular weight is 222 g/mol. The zero-order chi connectivity index (χ0) is 11.5. The van der Waals surface area contributed by atoms with Gasteiger partial charge in [-0.05, 0) is 18.6 Å². The number of halogens is 1. The molecule has 0 bridgehead atoms. The van der Waals surface area contributed by atoms with Gasteiger partial charge >= 0.3 is 0 Å². The van der Waals surface area contributed by atoms with Crippen molar-refractivity contribution in [2.24, 2.45) is 0 Å². The molecule has 1 saturated heterocycles. The van der Waals surface area contributed by atoms with Crippen LogP contribution in [0.2, 0.25) is 0 Å². The van der Waals surface area contributed by atoms with Crippen molar-refractivity contribution >= 4 is 11.6 Å². The number of carbonyl (C=O) groups is 1. The second-order valence-corrected chi connectivity index (χ2v) is 4.10. The van der Waals surface area contributed by atoms with Crippen molar-refractivity contribution in [2.45, 2.75) is 25.6 Å². The van der Waals surface area contributed by atoms with Crippen molar-refractivity contribution in [3.8, 4) is 0 Å². The SMILES string of the molecule is Cc1ccccc1NC(=O)[C@H]1C[C@H](F)CN1. The van der Waals surface area contributed by atoms with Gasteiger partial charge in [0.2, 0.25) is 5.91 Å². The fourth-order valence-corrected chi connectivity index (χ4v) is 1.83. The number of anilines is 1. The molecule has 1 heterocycles. The normalized spacial score (nSPS) is 24.4. The van der Waals surface area contributed by atoms with E-state index in [-0.39, 0.29) is 18.9 Å². The summed E-state index contributed by atoms with van der Waals surface area (Å²) < 4.78 is 12.9. The monoisotopic (exact) mass is 222 g/mol. The van der Waals surface area contributed by atoms with Crippen LogP contribution in [0.1, 0.15) is 12.0 Å². The maximum absolute atomic E-state index is 12.9. The smallest absolute Gasteiger partial charge is 0.241 e. The molecule has 0 radical (unpaired) electrons. The lowest BCUT2D eigenvalue weighted by Crippen LogP contribution is -2.35. The van der Waals surface area contributed by atoms with Crippen LogP contribution in [0, 0.1) is 6.92 Å². The Morgan fingerprint density at radius 2 is 2.25 bits per heavy atom. The number of nitrogens with one attached hydrogen (secondary N) is 2. The fourth-order valence-electron chi connectivity index (χ4n) is 1.83. The van der Waals surface area contributed by atoms with E-state index < -0.39 is 12.2 Å². The predicted molar refractivity (Wildman–Crippen MR) is 61.1 cm³/mol. The van der Waals surface area contributed by atoms with Crippen LogP contribution in [-0.2, 0) is 4.79 Å². The van der Waals surface area contributed by atoms with E-state index in [2.05, 4.69) is 10.6 Å². The van der Waals surface area contributed by atoms with Crippen LogP contribution in [0.25, 0.3) is 0 Å². The number of aryl methyl sites for hydroxylation is 1. The Hall–Kier alpha value is -1.42. The molecule has 16 heavy (non-hydrogen) atoms. The quantitative estimate of drug-likeness (QED) is 0.798. The molecule has 0 unspecified atom stereocenters. The Morgan fingerprint density at radius 3 is 2.88 bits per heavy atom. The second kappa shape index (κ2) is 4.61. The maximum atomic E-state index is 12.9. The van der Waals surface area contributed by atoms with Gasteiger partial charge in [0.15, 0.2) is 0 Å². The van der Waals surface area contributed by atoms with Gasteiger partial charge in [-0.1, -0.05) is 18.2 Å². The van der Waals surface area contributed by atoms with E-state index in [1.54, 1.807) is 0 Å². The van der Waals surface area contributed by atoms with Crippen LogP contribution in [0.15, 0.2) is 24.3 Å². The Morgan fingerprint density at radius 1 is 1.50 bits per heavy atom. The van der Waals surface area contributed by atoms with Crippen LogP contribution in [0.4, 0.5) is 10.1 Å². The van der Waals surface area contributed by atoms with Gasteiger partial charge < -0.3 is 10.6 Å². The summed E-state index contributed by atoms with van der Waals surface area (Å²) in [5, 5.41) is 5.66. The molecule has 0 aromatic heterocycles. The number of rotatable bonds is 2. The van der Waals surface area contributed by atoms with Gasteiger partial charge in [-0.15, -0.1) is 0 Å². The highest BCUT2D eigenvalue weighted by Gasteiger charge is 2.29. The Labute approximate surface area is 94.0 Å². The van der Waals surface area contributed by atoms with E-state index in [0.29, 0.717) is 0 Å². The van der Waals surface area contributed by atoms with Crippen molar-refractivity contribution in [3.63, 3.8) is 0 Å². The standard InChI is InChI=1S/C12H15FN2O/c1-8-4-2-3-5-10(8)15-12(16)11-6-9(13)7-14-11/h2-5,9,11,14H,6-7H2,1H3,(H,15,16)/t9-,11+/m0/s1. The van der Waals surface area contributed by atoms with Crippen molar-refractivity contribution in [1.82, 2.24) is 5.32 Å². The average Bonchev–Trinajstić information content (AvgIpc) is 2.68. The lowest BCUT2D eigenvalue weighted by atomic mass is 10.1. The summed E-state index contributed by atoms with van der Waals surface area (Å²) in [6, 6.07) is 7.14. The molecular formula is C12H15FN2O. The first-order valence-electron chi connectivity index (χ1n) is 5.41. The highest BCUT2D eigenvalue weighted by atomic mass is 19.1. The van der Waals surface area contributed by atoms with Gasteiger partial charge in [0, 0.05) is 18.7 Å². The third-order valence-corrected chi connectivity index (χ3v) is 2.80. The molecule has 3 nitrogen and oxygen atoms in total. The number of benzene rings is 1. The molecule has 1 aliphatic rings. The van der Waals surface area contributed by atoms with Crippen LogP contribution in [-0.4, -0.2) is 24.7 Å². The summed E-state index contributed by atoms with van der Waals surface area (Å²) in [6.07, 6.45) is -0.648. The molecule has 2 N–H and O–H groups in total. The molecule has 86 valence electrons. The number of alkyl halides is 1. The molecular weight excluding hydrogens is 207 g/mol. The second-order valence-electron chi connectivity index (χ2n) is 4.10. The Bertz CT molecular complexity index is 394. The van der Waals surface area contributed by atoms with Gasteiger partial charge in [-0.3, -0.25) is 4.79 Å².